The van der Waals surface area contributed by atoms with E-state index in [0.717, 1.165) is 17.7 Å². The van der Waals surface area contributed by atoms with Crippen LogP contribution in [-0.4, -0.2) is 31.6 Å². The minimum Gasteiger partial charge on any atom is -0.493 e. The van der Waals surface area contributed by atoms with Crippen molar-refractivity contribution in [2.75, 3.05) is 19.7 Å². The van der Waals surface area contributed by atoms with Gasteiger partial charge in [-0.05, 0) is 6.07 Å². The first kappa shape index (κ1) is 17.5. The van der Waals surface area contributed by atoms with Crippen molar-refractivity contribution in [1.82, 2.24) is 10.6 Å². The zero-order valence-corrected chi connectivity index (χ0v) is 14.3. The molecule has 2 rings (SSSR count). The molecule has 0 aliphatic carbocycles. The minimum absolute atomic E-state index is 0. The third kappa shape index (κ3) is 5.41. The average molecular weight is 404 g/mol. The van der Waals surface area contributed by atoms with Crippen LogP contribution < -0.4 is 21.1 Å². The van der Waals surface area contributed by atoms with E-state index in [0.29, 0.717) is 25.7 Å². The van der Waals surface area contributed by atoms with Crippen molar-refractivity contribution in [2.24, 2.45) is 10.7 Å². The van der Waals surface area contributed by atoms with Crippen molar-refractivity contribution < 1.29 is 9.53 Å². The van der Waals surface area contributed by atoms with Crippen LogP contribution in [0.4, 0.5) is 0 Å². The van der Waals surface area contributed by atoms with Gasteiger partial charge in [0.25, 0.3) is 0 Å². The second-order valence-corrected chi connectivity index (χ2v) is 4.62. The number of nitrogens with zero attached hydrogens (tertiary/aromatic N) is 1. The second-order valence-electron chi connectivity index (χ2n) is 4.62. The summed E-state index contributed by atoms with van der Waals surface area (Å²) in [6.45, 7) is 3.09. The minimum atomic E-state index is -0.0647. The van der Waals surface area contributed by atoms with Crippen molar-refractivity contribution in [2.45, 2.75) is 19.4 Å². The van der Waals surface area contributed by atoms with Crippen LogP contribution in [0.15, 0.2) is 29.3 Å². The molecular formula is C14H21IN4O2. The van der Waals surface area contributed by atoms with Gasteiger partial charge >= 0.3 is 0 Å². The summed E-state index contributed by atoms with van der Waals surface area (Å²) in [7, 11) is 0. The van der Waals surface area contributed by atoms with Crippen molar-refractivity contribution in [3.05, 3.63) is 29.8 Å². The van der Waals surface area contributed by atoms with E-state index in [4.69, 9.17) is 10.5 Å². The molecule has 116 valence electrons. The molecule has 6 nitrogen and oxygen atoms in total. The van der Waals surface area contributed by atoms with Crippen LogP contribution in [0.5, 0.6) is 5.75 Å². The maximum absolute atomic E-state index is 10.7. The highest BCUT2D eigenvalue weighted by atomic mass is 127. The van der Waals surface area contributed by atoms with Crippen LogP contribution in [0.25, 0.3) is 0 Å². The predicted molar refractivity (Wildman–Crippen MR) is 93.0 cm³/mol. The number of guanidine groups is 1. The molecule has 0 aromatic heterocycles. The number of ether oxygens (including phenoxy) is 1. The Hall–Kier alpha value is -1.51. The molecule has 1 aromatic carbocycles. The average Bonchev–Trinajstić information content (AvgIpc) is 2.44. The number of fused-ring (bicyclic) bond motifs is 1. The van der Waals surface area contributed by atoms with Crippen LogP contribution in [-0.2, 0) is 4.79 Å². The topological polar surface area (TPSA) is 88.7 Å². The van der Waals surface area contributed by atoms with E-state index < -0.39 is 0 Å². The Kier molecular flexibility index (Phi) is 7.27. The normalized spacial score (nSPS) is 17.0. The van der Waals surface area contributed by atoms with Crippen LogP contribution in [0.2, 0.25) is 0 Å². The molecule has 0 fully saturated rings. The van der Waals surface area contributed by atoms with E-state index in [1.807, 2.05) is 24.3 Å². The molecule has 0 spiro atoms. The molecule has 1 heterocycles. The molecule has 4 N–H and O–H groups in total. The summed E-state index contributed by atoms with van der Waals surface area (Å²) < 4.78 is 5.59. The lowest BCUT2D eigenvalue weighted by Crippen LogP contribution is -2.38. The van der Waals surface area contributed by atoms with Gasteiger partial charge in [0.1, 0.15) is 5.75 Å². The van der Waals surface area contributed by atoms with Crippen molar-refractivity contribution in [3.63, 3.8) is 0 Å². The summed E-state index contributed by atoms with van der Waals surface area (Å²) >= 11 is 0. The summed E-state index contributed by atoms with van der Waals surface area (Å²) in [5.74, 6) is 1.21. The number of carbonyl (C=O) groups is 1. The molecule has 1 atom stereocenters. The smallest absolute Gasteiger partial charge is 0.216 e. The first-order valence-corrected chi connectivity index (χ1v) is 6.69. The Morgan fingerprint density at radius 2 is 2.24 bits per heavy atom. The zero-order valence-electron chi connectivity index (χ0n) is 12.0. The van der Waals surface area contributed by atoms with Gasteiger partial charge in [-0.3, -0.25) is 9.79 Å². The summed E-state index contributed by atoms with van der Waals surface area (Å²) in [5, 5.41) is 5.87. The second kappa shape index (κ2) is 8.71. The maximum atomic E-state index is 10.7. The van der Waals surface area contributed by atoms with Gasteiger partial charge in [0.15, 0.2) is 5.96 Å². The Balaban J connectivity index is 0.00000220. The number of carbonyl (C=O) groups excluding carboxylic acids is 1. The van der Waals surface area contributed by atoms with Gasteiger partial charge in [-0.25, -0.2) is 0 Å². The number of aliphatic imine (C=N–C) groups is 1. The lowest BCUT2D eigenvalue weighted by molar-refractivity contribution is -0.118. The molecular weight excluding hydrogens is 383 g/mol. The Labute approximate surface area is 141 Å². The summed E-state index contributed by atoms with van der Waals surface area (Å²) in [6.07, 6.45) is 0.846. The molecule has 1 aliphatic heterocycles. The highest BCUT2D eigenvalue weighted by Gasteiger charge is 2.20. The molecule has 1 aromatic rings. The molecule has 21 heavy (non-hydrogen) atoms. The summed E-state index contributed by atoms with van der Waals surface area (Å²) in [4.78, 5) is 14.9. The number of hydrogen-bond donors (Lipinski definition) is 3. The predicted octanol–water partition coefficient (Wildman–Crippen LogP) is 1.17. The van der Waals surface area contributed by atoms with Crippen molar-refractivity contribution in [3.8, 4) is 5.75 Å². The summed E-state index contributed by atoms with van der Waals surface area (Å²) in [5.41, 5.74) is 6.96. The standard InChI is InChI=1S/C14H20N4O2.HI/c1-10(19)16-7-8-17-14(15)18-12-6-9-20-13-5-3-2-4-11(12)13;/h2-5,12H,6-9H2,1H3,(H,16,19)(H3,15,17,18);1H. The molecule has 1 unspecified atom stereocenters. The fourth-order valence-electron chi connectivity index (χ4n) is 2.12. The third-order valence-electron chi connectivity index (χ3n) is 3.05. The van der Waals surface area contributed by atoms with Crippen LogP contribution in [0, 0.1) is 0 Å². The van der Waals surface area contributed by atoms with Gasteiger partial charge in [-0.15, -0.1) is 24.0 Å². The van der Waals surface area contributed by atoms with E-state index in [2.05, 4.69) is 15.6 Å². The highest BCUT2D eigenvalue weighted by Crippen LogP contribution is 2.31. The fourth-order valence-corrected chi connectivity index (χ4v) is 2.12. The number of nitrogens with one attached hydrogen (secondary N) is 2. The van der Waals surface area contributed by atoms with Gasteiger partial charge in [0.05, 0.1) is 19.2 Å². The van der Waals surface area contributed by atoms with Gasteiger partial charge in [-0.1, -0.05) is 18.2 Å². The Morgan fingerprint density at radius 1 is 1.48 bits per heavy atom. The quantitative estimate of drug-likeness (QED) is 0.304. The lowest BCUT2D eigenvalue weighted by atomic mass is 10.0. The van der Waals surface area contributed by atoms with Gasteiger partial charge in [0.2, 0.25) is 5.91 Å². The van der Waals surface area contributed by atoms with Crippen molar-refractivity contribution >= 4 is 35.8 Å². The number of nitrogens with two attached hydrogens (primary N) is 1. The Bertz CT molecular complexity index is 508. The first-order chi connectivity index (χ1) is 9.66. The zero-order chi connectivity index (χ0) is 14.4. The number of rotatable bonds is 4. The highest BCUT2D eigenvalue weighted by molar-refractivity contribution is 14.0. The van der Waals surface area contributed by atoms with E-state index in [9.17, 15) is 4.79 Å². The SMILES string of the molecule is CC(=O)NCCN=C(N)NC1CCOc2ccccc21.I. The van der Waals surface area contributed by atoms with E-state index in [1.165, 1.54) is 6.92 Å². The number of benzene rings is 1. The lowest BCUT2D eigenvalue weighted by Gasteiger charge is -2.26. The third-order valence-corrected chi connectivity index (χ3v) is 3.05. The number of hydrogen-bond acceptors (Lipinski definition) is 3. The number of para-hydroxylation sites is 1. The molecule has 0 bridgehead atoms. The van der Waals surface area contributed by atoms with Crippen LogP contribution in [0.3, 0.4) is 0 Å². The van der Waals surface area contributed by atoms with Gasteiger partial charge < -0.3 is 21.1 Å². The maximum Gasteiger partial charge on any atom is 0.216 e. The number of halogens is 1. The fraction of sp³-hybridized carbons (Fsp3) is 0.429. The molecule has 0 saturated carbocycles. The van der Waals surface area contributed by atoms with Gasteiger partial charge in [-0.2, -0.15) is 0 Å². The molecule has 7 heteroatoms. The van der Waals surface area contributed by atoms with E-state index in [-0.39, 0.29) is 35.9 Å². The number of amides is 1. The molecule has 1 aliphatic rings. The van der Waals surface area contributed by atoms with Gasteiger partial charge in [0, 0.05) is 25.5 Å². The van der Waals surface area contributed by atoms with Crippen LogP contribution >= 0.6 is 24.0 Å². The first-order valence-electron chi connectivity index (χ1n) is 6.69. The molecule has 0 radical (unpaired) electrons. The molecule has 1 amide bonds. The van der Waals surface area contributed by atoms with Crippen molar-refractivity contribution in [1.29, 1.82) is 0 Å². The van der Waals surface area contributed by atoms with Crippen LogP contribution in [0.1, 0.15) is 24.9 Å². The van der Waals surface area contributed by atoms with E-state index in [1.54, 1.807) is 0 Å². The summed E-state index contributed by atoms with van der Waals surface area (Å²) in [6, 6.07) is 8.02. The Morgan fingerprint density at radius 3 is 3.00 bits per heavy atom. The van der Waals surface area contributed by atoms with E-state index >= 15 is 0 Å². The largest absolute Gasteiger partial charge is 0.493 e. The molecule has 0 saturated heterocycles. The monoisotopic (exact) mass is 404 g/mol.